The van der Waals surface area contributed by atoms with Gasteiger partial charge >= 0.3 is 0 Å². The van der Waals surface area contributed by atoms with Crippen LogP contribution in [0.4, 0.5) is 0 Å². The van der Waals surface area contributed by atoms with Crippen LogP contribution in [0.1, 0.15) is 49.7 Å². The van der Waals surface area contributed by atoms with E-state index in [1.807, 2.05) is 24.3 Å². The van der Waals surface area contributed by atoms with Crippen molar-refractivity contribution < 1.29 is 10.2 Å². The van der Waals surface area contributed by atoms with E-state index in [-0.39, 0.29) is 10.8 Å². The van der Waals surface area contributed by atoms with Gasteiger partial charge in [-0.2, -0.15) is 0 Å². The van der Waals surface area contributed by atoms with Gasteiger partial charge in [0.1, 0.15) is 11.5 Å². The van der Waals surface area contributed by atoms with Crippen molar-refractivity contribution in [2.45, 2.75) is 49.4 Å². The van der Waals surface area contributed by atoms with Gasteiger partial charge in [0.15, 0.2) is 0 Å². The summed E-state index contributed by atoms with van der Waals surface area (Å²) in [6.45, 7) is 0. The summed E-state index contributed by atoms with van der Waals surface area (Å²) in [4.78, 5) is 0. The zero-order chi connectivity index (χ0) is 21.5. The number of phenols is 2. The highest BCUT2D eigenvalue weighted by molar-refractivity contribution is 5.89. The second-order valence-corrected chi connectivity index (χ2v) is 10.9. The SMILES string of the molecule is Oc1ccc2c(C34CC5CC(C3)CC(c3cccc6cc(O)ccc36)(C5)C4)cccc2c1. The molecular formula is C30H28O2. The average Bonchev–Trinajstić information content (AvgIpc) is 2.77. The normalized spacial score (nSPS) is 30.9. The third-order valence-corrected chi connectivity index (χ3v) is 8.93. The van der Waals surface area contributed by atoms with Gasteiger partial charge in [-0.3, -0.25) is 0 Å². The van der Waals surface area contributed by atoms with Crippen LogP contribution in [0.2, 0.25) is 0 Å². The number of aromatic hydroxyl groups is 2. The average molecular weight is 421 g/mol. The maximum absolute atomic E-state index is 10.0. The van der Waals surface area contributed by atoms with Crippen molar-refractivity contribution in [3.63, 3.8) is 0 Å². The van der Waals surface area contributed by atoms with Crippen LogP contribution in [-0.4, -0.2) is 10.2 Å². The maximum atomic E-state index is 10.0. The fourth-order valence-corrected chi connectivity index (χ4v) is 8.36. The molecule has 2 nitrogen and oxygen atoms in total. The largest absolute Gasteiger partial charge is 0.508 e. The first-order valence-corrected chi connectivity index (χ1v) is 12.0. The lowest BCUT2D eigenvalue weighted by Gasteiger charge is -2.63. The van der Waals surface area contributed by atoms with Gasteiger partial charge in [-0.05, 0) is 118 Å². The Morgan fingerprint density at radius 3 is 1.53 bits per heavy atom. The first-order chi connectivity index (χ1) is 15.5. The van der Waals surface area contributed by atoms with E-state index in [0.717, 1.165) is 22.6 Å². The number of hydrogen-bond donors (Lipinski definition) is 2. The van der Waals surface area contributed by atoms with Crippen LogP contribution in [0.25, 0.3) is 21.5 Å². The van der Waals surface area contributed by atoms with Gasteiger partial charge in [-0.15, -0.1) is 0 Å². The molecule has 0 aromatic heterocycles. The molecule has 4 aliphatic rings. The molecule has 0 spiro atoms. The molecule has 4 aromatic rings. The van der Waals surface area contributed by atoms with Crippen molar-refractivity contribution in [1.29, 1.82) is 0 Å². The van der Waals surface area contributed by atoms with Crippen LogP contribution in [-0.2, 0) is 10.8 Å². The molecule has 4 aromatic carbocycles. The van der Waals surface area contributed by atoms with E-state index >= 15 is 0 Å². The Morgan fingerprint density at radius 2 is 1.06 bits per heavy atom. The van der Waals surface area contributed by atoms with Gasteiger partial charge in [0.2, 0.25) is 0 Å². The van der Waals surface area contributed by atoms with E-state index in [0.29, 0.717) is 11.5 Å². The Morgan fingerprint density at radius 1 is 0.594 bits per heavy atom. The van der Waals surface area contributed by atoms with E-state index in [2.05, 4.69) is 48.5 Å². The van der Waals surface area contributed by atoms with Gasteiger partial charge in [0.05, 0.1) is 0 Å². The summed E-state index contributed by atoms with van der Waals surface area (Å²) in [7, 11) is 0. The lowest BCUT2D eigenvalue weighted by molar-refractivity contribution is -0.0268. The van der Waals surface area contributed by atoms with Crippen LogP contribution in [0, 0.1) is 11.8 Å². The second kappa shape index (κ2) is 6.28. The molecular weight excluding hydrogens is 392 g/mol. The second-order valence-electron chi connectivity index (χ2n) is 10.9. The van der Waals surface area contributed by atoms with Crippen molar-refractivity contribution in [3.8, 4) is 11.5 Å². The molecule has 4 bridgehead atoms. The quantitative estimate of drug-likeness (QED) is 0.360. The maximum Gasteiger partial charge on any atom is 0.116 e. The summed E-state index contributed by atoms with van der Waals surface area (Å²) in [5.74, 6) is 2.23. The number of rotatable bonds is 2. The van der Waals surface area contributed by atoms with E-state index in [4.69, 9.17) is 0 Å². The molecule has 2 N–H and O–H groups in total. The van der Waals surface area contributed by atoms with Gasteiger partial charge < -0.3 is 10.2 Å². The Balaban J connectivity index is 1.43. The van der Waals surface area contributed by atoms with Crippen molar-refractivity contribution >= 4 is 21.5 Å². The van der Waals surface area contributed by atoms with Gasteiger partial charge in [-0.1, -0.05) is 48.5 Å². The molecule has 0 saturated heterocycles. The smallest absolute Gasteiger partial charge is 0.116 e. The van der Waals surface area contributed by atoms with E-state index in [9.17, 15) is 10.2 Å². The highest BCUT2D eigenvalue weighted by Gasteiger charge is 2.59. The standard InChI is InChI=1S/C30H28O2/c31-23-7-9-25-21(12-23)3-1-5-27(25)29-14-19-11-20(15-29)17-30(16-19,18-29)28-6-2-4-22-13-24(32)8-10-26(22)28/h1-10,12-13,19-20,31-32H,11,14-18H2. The van der Waals surface area contributed by atoms with Crippen LogP contribution in [0.5, 0.6) is 11.5 Å². The van der Waals surface area contributed by atoms with Crippen molar-refractivity contribution in [2.75, 3.05) is 0 Å². The summed E-state index contributed by atoms with van der Waals surface area (Å²) < 4.78 is 0. The Hall–Kier alpha value is -3.00. The van der Waals surface area contributed by atoms with E-state index in [1.54, 1.807) is 0 Å². The van der Waals surface area contributed by atoms with Crippen molar-refractivity contribution in [1.82, 2.24) is 0 Å². The highest BCUT2D eigenvalue weighted by atomic mass is 16.3. The van der Waals surface area contributed by atoms with Crippen LogP contribution in [0.15, 0.2) is 72.8 Å². The molecule has 0 amide bonds. The molecule has 4 fully saturated rings. The molecule has 0 aliphatic heterocycles. The third-order valence-electron chi connectivity index (χ3n) is 8.93. The summed E-state index contributed by atoms with van der Waals surface area (Å²) in [5, 5.41) is 25.0. The summed E-state index contributed by atoms with van der Waals surface area (Å²) >= 11 is 0. The monoisotopic (exact) mass is 420 g/mol. The number of fused-ring (bicyclic) bond motifs is 2. The van der Waals surface area contributed by atoms with Crippen molar-refractivity contribution in [2.24, 2.45) is 11.8 Å². The van der Waals surface area contributed by atoms with Crippen molar-refractivity contribution in [3.05, 3.63) is 83.9 Å². The zero-order valence-electron chi connectivity index (χ0n) is 18.2. The molecule has 160 valence electrons. The number of hydrogen-bond acceptors (Lipinski definition) is 2. The van der Waals surface area contributed by atoms with Gasteiger partial charge in [-0.25, -0.2) is 0 Å². The summed E-state index contributed by atoms with van der Waals surface area (Å²) in [6.07, 6.45) is 7.73. The zero-order valence-corrected chi connectivity index (χ0v) is 18.2. The molecule has 32 heavy (non-hydrogen) atoms. The minimum absolute atomic E-state index is 0.208. The molecule has 4 saturated carbocycles. The predicted molar refractivity (Wildman–Crippen MR) is 129 cm³/mol. The van der Waals surface area contributed by atoms with Gasteiger partial charge in [0.25, 0.3) is 0 Å². The molecule has 8 rings (SSSR count). The van der Waals surface area contributed by atoms with E-state index in [1.165, 1.54) is 60.4 Å². The lowest BCUT2D eigenvalue weighted by atomic mass is 9.41. The van der Waals surface area contributed by atoms with E-state index < -0.39 is 0 Å². The topological polar surface area (TPSA) is 40.5 Å². The first-order valence-electron chi connectivity index (χ1n) is 12.0. The fraction of sp³-hybridized carbons (Fsp3) is 0.333. The number of benzene rings is 4. The fourth-order valence-electron chi connectivity index (χ4n) is 8.36. The van der Waals surface area contributed by atoms with Crippen LogP contribution < -0.4 is 0 Å². The third kappa shape index (κ3) is 2.53. The number of phenolic OH excluding ortho intramolecular Hbond substituents is 2. The molecule has 0 heterocycles. The van der Waals surface area contributed by atoms with Crippen LogP contribution >= 0.6 is 0 Å². The summed E-state index contributed by atoms with van der Waals surface area (Å²) in [6, 6.07) is 25.1. The first kappa shape index (κ1) is 18.6. The molecule has 0 unspecified atom stereocenters. The molecule has 2 heteroatoms. The van der Waals surface area contributed by atoms with Crippen LogP contribution in [0.3, 0.4) is 0 Å². The highest BCUT2D eigenvalue weighted by Crippen LogP contribution is 2.67. The predicted octanol–water partition coefficient (Wildman–Crippen LogP) is 7.19. The Kier molecular flexibility index (Phi) is 3.64. The minimum atomic E-state index is 0.208. The molecule has 0 radical (unpaired) electrons. The Bertz CT molecular complexity index is 1270. The molecule has 4 aliphatic carbocycles. The Labute approximate surface area is 188 Å². The lowest BCUT2D eigenvalue weighted by Crippen LogP contribution is -2.56. The van der Waals surface area contributed by atoms with Gasteiger partial charge in [0, 0.05) is 0 Å². The molecule has 0 atom stereocenters. The summed E-state index contributed by atoms with van der Waals surface area (Å²) in [5.41, 5.74) is 3.40. The minimum Gasteiger partial charge on any atom is -0.508 e.